The van der Waals surface area contributed by atoms with E-state index in [2.05, 4.69) is 5.32 Å². The van der Waals surface area contributed by atoms with E-state index in [4.69, 9.17) is 25.5 Å². The lowest BCUT2D eigenvalue weighted by molar-refractivity contribution is -0.118. The van der Waals surface area contributed by atoms with Crippen molar-refractivity contribution < 1.29 is 18.7 Å². The van der Waals surface area contributed by atoms with Gasteiger partial charge in [0.1, 0.15) is 22.8 Å². The Morgan fingerprint density at radius 2 is 1.68 bits per heavy atom. The number of rotatable bonds is 6. The molecule has 0 bridgehead atoms. The zero-order valence-electron chi connectivity index (χ0n) is 16.6. The summed E-state index contributed by atoms with van der Waals surface area (Å²) >= 11 is 5.82. The molecule has 0 saturated heterocycles. The second-order valence-corrected chi connectivity index (χ2v) is 7.14. The molecule has 3 aromatic carbocycles. The Balaban J connectivity index is 1.44. The second-order valence-electron chi connectivity index (χ2n) is 6.71. The maximum absolute atomic E-state index is 12.5. The molecule has 156 valence electrons. The zero-order valence-corrected chi connectivity index (χ0v) is 17.3. The Labute approximate surface area is 183 Å². The Bertz CT molecular complexity index is 1280. The minimum Gasteiger partial charge on any atom is -0.497 e. The molecule has 0 fully saturated rings. The molecule has 0 radical (unpaired) electrons. The Hall–Kier alpha value is -3.77. The van der Waals surface area contributed by atoms with E-state index in [-0.39, 0.29) is 17.9 Å². The molecule has 0 spiro atoms. The van der Waals surface area contributed by atoms with Crippen LogP contribution >= 0.6 is 11.6 Å². The molecule has 0 aliphatic carbocycles. The highest BCUT2D eigenvalue weighted by molar-refractivity contribution is 6.30. The first-order chi connectivity index (χ1) is 15.0. The van der Waals surface area contributed by atoms with Crippen LogP contribution < -0.4 is 20.2 Å². The number of fused-ring (bicyclic) bond motifs is 1. The first-order valence-electron chi connectivity index (χ1n) is 9.42. The summed E-state index contributed by atoms with van der Waals surface area (Å²) in [5.41, 5.74) is 1.62. The van der Waals surface area contributed by atoms with Crippen LogP contribution in [-0.4, -0.2) is 19.6 Å². The number of hydrogen-bond acceptors (Lipinski definition) is 5. The van der Waals surface area contributed by atoms with Crippen LogP contribution in [0.25, 0.3) is 22.3 Å². The third-order valence-electron chi connectivity index (χ3n) is 4.57. The number of benzene rings is 3. The van der Waals surface area contributed by atoms with Gasteiger partial charge in [0, 0.05) is 22.3 Å². The number of anilines is 1. The average Bonchev–Trinajstić information content (AvgIpc) is 2.79. The lowest BCUT2D eigenvalue weighted by Gasteiger charge is -2.09. The number of amides is 1. The largest absolute Gasteiger partial charge is 0.497 e. The van der Waals surface area contributed by atoms with E-state index in [1.807, 2.05) is 0 Å². The van der Waals surface area contributed by atoms with Crippen molar-refractivity contribution in [3.8, 4) is 22.8 Å². The van der Waals surface area contributed by atoms with Crippen LogP contribution in [0.15, 0.2) is 82.0 Å². The summed E-state index contributed by atoms with van der Waals surface area (Å²) in [5, 5.41) is 3.81. The third kappa shape index (κ3) is 4.87. The van der Waals surface area contributed by atoms with Gasteiger partial charge in [-0.15, -0.1) is 0 Å². The topological polar surface area (TPSA) is 77.8 Å². The van der Waals surface area contributed by atoms with Gasteiger partial charge in [0.2, 0.25) is 0 Å². The van der Waals surface area contributed by atoms with Gasteiger partial charge in [0.25, 0.3) is 5.91 Å². The highest BCUT2D eigenvalue weighted by Gasteiger charge is 2.09. The molecule has 4 rings (SSSR count). The van der Waals surface area contributed by atoms with Crippen molar-refractivity contribution in [3.05, 3.63) is 88.0 Å². The van der Waals surface area contributed by atoms with Crippen molar-refractivity contribution in [3.63, 3.8) is 0 Å². The Morgan fingerprint density at radius 1 is 0.968 bits per heavy atom. The monoisotopic (exact) mass is 435 g/mol. The predicted molar refractivity (Wildman–Crippen MR) is 120 cm³/mol. The minimum atomic E-state index is -0.297. The van der Waals surface area contributed by atoms with Crippen LogP contribution in [0.5, 0.6) is 11.5 Å². The zero-order chi connectivity index (χ0) is 21.8. The molecule has 1 aromatic heterocycles. The fourth-order valence-corrected chi connectivity index (χ4v) is 3.13. The summed E-state index contributed by atoms with van der Waals surface area (Å²) in [4.78, 5) is 24.6. The van der Waals surface area contributed by atoms with Crippen molar-refractivity contribution in [2.45, 2.75) is 0 Å². The molecule has 1 heterocycles. The molecule has 4 aromatic rings. The van der Waals surface area contributed by atoms with Gasteiger partial charge in [-0.2, -0.15) is 0 Å². The van der Waals surface area contributed by atoms with Crippen molar-refractivity contribution in [2.24, 2.45) is 0 Å². The summed E-state index contributed by atoms with van der Waals surface area (Å²) < 4.78 is 16.5. The van der Waals surface area contributed by atoms with Crippen molar-refractivity contribution in [2.75, 3.05) is 19.0 Å². The van der Waals surface area contributed by atoms with Gasteiger partial charge in [-0.25, -0.2) is 0 Å². The van der Waals surface area contributed by atoms with Crippen LogP contribution in [-0.2, 0) is 4.79 Å². The normalized spacial score (nSPS) is 10.6. The summed E-state index contributed by atoms with van der Waals surface area (Å²) in [6.07, 6.45) is 0. The Morgan fingerprint density at radius 3 is 2.39 bits per heavy atom. The quantitative estimate of drug-likeness (QED) is 0.453. The molecule has 0 atom stereocenters. The Kier molecular flexibility index (Phi) is 5.91. The fraction of sp³-hybridized carbons (Fsp3) is 0.0833. The van der Waals surface area contributed by atoms with Gasteiger partial charge >= 0.3 is 0 Å². The molecule has 1 N–H and O–H groups in total. The predicted octanol–water partition coefficient (Wildman–Crippen LogP) is 5.14. The van der Waals surface area contributed by atoms with Gasteiger partial charge in [-0.05, 0) is 66.7 Å². The highest BCUT2D eigenvalue weighted by Crippen LogP contribution is 2.25. The van der Waals surface area contributed by atoms with Gasteiger partial charge in [0.05, 0.1) is 12.5 Å². The molecule has 0 aliphatic heterocycles. The summed E-state index contributed by atoms with van der Waals surface area (Å²) in [6.45, 7) is -0.133. The number of methoxy groups -OCH3 is 1. The van der Waals surface area contributed by atoms with Crippen molar-refractivity contribution in [1.82, 2.24) is 0 Å². The molecule has 0 unspecified atom stereocenters. The molecular weight excluding hydrogens is 418 g/mol. The molecule has 31 heavy (non-hydrogen) atoms. The summed E-state index contributed by atoms with van der Waals surface area (Å²) in [6, 6.07) is 20.3. The van der Waals surface area contributed by atoms with Crippen LogP contribution in [0.2, 0.25) is 5.02 Å². The third-order valence-corrected chi connectivity index (χ3v) is 4.82. The van der Waals surface area contributed by atoms with Gasteiger partial charge in [-0.1, -0.05) is 11.6 Å². The SMILES string of the molecule is COc1ccc2oc(-c3ccc(NC(=O)COc4ccc(Cl)cc4)cc3)cc(=O)c2c1. The number of nitrogens with one attached hydrogen (secondary N) is 1. The van der Waals surface area contributed by atoms with E-state index in [0.717, 1.165) is 0 Å². The van der Waals surface area contributed by atoms with Crippen LogP contribution in [0.3, 0.4) is 0 Å². The van der Waals surface area contributed by atoms with Crippen molar-refractivity contribution in [1.29, 1.82) is 0 Å². The number of ether oxygens (including phenoxy) is 2. The fourth-order valence-electron chi connectivity index (χ4n) is 3.00. The van der Waals surface area contributed by atoms with Crippen molar-refractivity contribution >= 4 is 34.2 Å². The summed E-state index contributed by atoms with van der Waals surface area (Å²) in [5.74, 6) is 1.28. The minimum absolute atomic E-state index is 0.133. The molecular formula is C24H18ClNO5. The molecule has 6 nitrogen and oxygen atoms in total. The average molecular weight is 436 g/mol. The van der Waals surface area contributed by atoms with Gasteiger partial charge < -0.3 is 19.2 Å². The van der Waals surface area contributed by atoms with E-state index < -0.39 is 0 Å². The van der Waals surface area contributed by atoms with Crippen LogP contribution in [0.1, 0.15) is 0 Å². The van der Waals surface area contributed by atoms with E-state index in [1.165, 1.54) is 6.07 Å². The highest BCUT2D eigenvalue weighted by atomic mass is 35.5. The molecule has 0 aliphatic rings. The van der Waals surface area contributed by atoms with Gasteiger partial charge in [0.15, 0.2) is 12.0 Å². The number of hydrogen-bond donors (Lipinski definition) is 1. The number of halogens is 1. The maximum Gasteiger partial charge on any atom is 0.262 e. The standard InChI is InChI=1S/C24H18ClNO5/c1-29-19-10-11-22-20(12-19)21(27)13-23(31-22)15-2-6-17(7-3-15)26-24(28)14-30-18-8-4-16(25)5-9-18/h2-13H,14H2,1H3,(H,26,28). The first kappa shape index (κ1) is 20.5. The molecule has 1 amide bonds. The molecule has 0 saturated carbocycles. The van der Waals surface area contributed by atoms with E-state index in [9.17, 15) is 9.59 Å². The van der Waals surface area contributed by atoms with Gasteiger partial charge in [-0.3, -0.25) is 9.59 Å². The van der Waals surface area contributed by atoms with E-state index in [1.54, 1.807) is 73.8 Å². The second kappa shape index (κ2) is 8.93. The van der Waals surface area contributed by atoms with Crippen LogP contribution in [0.4, 0.5) is 5.69 Å². The van der Waals surface area contributed by atoms with E-state index in [0.29, 0.717) is 44.5 Å². The first-order valence-corrected chi connectivity index (χ1v) is 9.80. The van der Waals surface area contributed by atoms with E-state index >= 15 is 0 Å². The number of carbonyl (C=O) groups is 1. The number of carbonyl (C=O) groups excluding carboxylic acids is 1. The lowest BCUT2D eigenvalue weighted by atomic mass is 10.1. The maximum atomic E-state index is 12.5. The molecule has 7 heteroatoms. The summed E-state index contributed by atoms with van der Waals surface area (Å²) in [7, 11) is 1.54. The smallest absolute Gasteiger partial charge is 0.262 e. The lowest BCUT2D eigenvalue weighted by Crippen LogP contribution is -2.20. The van der Waals surface area contributed by atoms with Crippen LogP contribution in [0, 0.1) is 0 Å².